The van der Waals surface area contributed by atoms with E-state index in [9.17, 15) is 0 Å². The third-order valence-corrected chi connectivity index (χ3v) is 3.62. The zero-order valence-corrected chi connectivity index (χ0v) is 12.4. The molecular formula is C13H29NOS. The van der Waals surface area contributed by atoms with Crippen molar-refractivity contribution in [2.24, 2.45) is 5.92 Å². The van der Waals surface area contributed by atoms with Crippen molar-refractivity contribution in [3.8, 4) is 0 Å². The molecule has 0 heterocycles. The second kappa shape index (κ2) is 10.4. The van der Waals surface area contributed by atoms with Gasteiger partial charge in [-0.2, -0.15) is 11.8 Å². The predicted octanol–water partition coefficient (Wildman–Crippen LogP) is 3.17. The standard InChI is InChI=1S/C13H29NOS/c1-6-7-14-13(8-15-12(4)5)10-16-9-11(2)3/h11-14H,6-10H2,1-5H3. The number of rotatable bonds is 10. The Labute approximate surface area is 106 Å². The molecule has 0 saturated carbocycles. The van der Waals surface area contributed by atoms with Crippen LogP contribution in [0.5, 0.6) is 0 Å². The average Bonchev–Trinajstić information content (AvgIpc) is 2.20. The highest BCUT2D eigenvalue weighted by Gasteiger charge is 2.09. The molecule has 0 aliphatic carbocycles. The topological polar surface area (TPSA) is 21.3 Å². The van der Waals surface area contributed by atoms with Gasteiger partial charge in [0.05, 0.1) is 12.7 Å². The van der Waals surface area contributed by atoms with Crippen LogP contribution in [0.3, 0.4) is 0 Å². The fourth-order valence-electron chi connectivity index (χ4n) is 1.27. The largest absolute Gasteiger partial charge is 0.377 e. The minimum absolute atomic E-state index is 0.334. The lowest BCUT2D eigenvalue weighted by molar-refractivity contribution is 0.0655. The second-order valence-electron chi connectivity index (χ2n) is 4.96. The first-order valence-corrected chi connectivity index (χ1v) is 7.64. The van der Waals surface area contributed by atoms with Gasteiger partial charge in [0.2, 0.25) is 0 Å². The summed E-state index contributed by atoms with van der Waals surface area (Å²) in [4.78, 5) is 0. The lowest BCUT2D eigenvalue weighted by Gasteiger charge is -2.20. The Hall–Kier alpha value is 0.270. The van der Waals surface area contributed by atoms with E-state index in [-0.39, 0.29) is 0 Å². The fourth-order valence-corrected chi connectivity index (χ4v) is 2.38. The van der Waals surface area contributed by atoms with E-state index in [1.54, 1.807) is 0 Å². The molecule has 0 aromatic carbocycles. The molecule has 0 amide bonds. The molecule has 1 N–H and O–H groups in total. The van der Waals surface area contributed by atoms with Crippen LogP contribution in [0.15, 0.2) is 0 Å². The molecule has 0 aromatic rings. The first-order chi connectivity index (χ1) is 7.56. The Kier molecular flexibility index (Phi) is 10.6. The van der Waals surface area contributed by atoms with Crippen LogP contribution in [0.1, 0.15) is 41.0 Å². The molecule has 16 heavy (non-hydrogen) atoms. The molecule has 98 valence electrons. The first-order valence-electron chi connectivity index (χ1n) is 6.49. The van der Waals surface area contributed by atoms with Crippen LogP contribution < -0.4 is 5.32 Å². The quantitative estimate of drug-likeness (QED) is 0.641. The summed E-state index contributed by atoms with van der Waals surface area (Å²) < 4.78 is 5.68. The van der Waals surface area contributed by atoms with E-state index in [2.05, 4.69) is 39.9 Å². The van der Waals surface area contributed by atoms with Gasteiger partial charge in [0.15, 0.2) is 0 Å². The number of ether oxygens (including phenoxy) is 1. The van der Waals surface area contributed by atoms with Gasteiger partial charge < -0.3 is 10.1 Å². The molecule has 0 spiro atoms. The van der Waals surface area contributed by atoms with Crippen molar-refractivity contribution in [1.82, 2.24) is 5.32 Å². The molecule has 0 aliphatic rings. The minimum atomic E-state index is 0.334. The van der Waals surface area contributed by atoms with E-state index in [0.717, 1.165) is 24.8 Å². The lowest BCUT2D eigenvalue weighted by atomic mass is 10.3. The number of hydrogen-bond donors (Lipinski definition) is 1. The minimum Gasteiger partial charge on any atom is -0.377 e. The van der Waals surface area contributed by atoms with Crippen molar-refractivity contribution in [1.29, 1.82) is 0 Å². The lowest BCUT2D eigenvalue weighted by Crippen LogP contribution is -2.37. The van der Waals surface area contributed by atoms with Gasteiger partial charge in [0, 0.05) is 11.8 Å². The van der Waals surface area contributed by atoms with Crippen molar-refractivity contribution < 1.29 is 4.74 Å². The molecule has 0 radical (unpaired) electrons. The van der Waals surface area contributed by atoms with Gasteiger partial charge in [-0.25, -0.2) is 0 Å². The molecule has 0 aromatic heterocycles. The molecule has 1 atom stereocenters. The van der Waals surface area contributed by atoms with Gasteiger partial charge in [0.1, 0.15) is 0 Å². The highest BCUT2D eigenvalue weighted by atomic mass is 32.2. The summed E-state index contributed by atoms with van der Waals surface area (Å²) in [5, 5.41) is 3.55. The SMILES string of the molecule is CCCNC(COC(C)C)CSCC(C)C. The maximum atomic E-state index is 5.68. The Bertz CT molecular complexity index is 151. The van der Waals surface area contributed by atoms with Crippen molar-refractivity contribution in [2.45, 2.75) is 53.2 Å². The Morgan fingerprint density at radius 3 is 2.31 bits per heavy atom. The summed E-state index contributed by atoms with van der Waals surface area (Å²) in [6.07, 6.45) is 1.52. The van der Waals surface area contributed by atoms with Crippen LogP contribution in [0.25, 0.3) is 0 Å². The second-order valence-corrected chi connectivity index (χ2v) is 6.04. The van der Waals surface area contributed by atoms with E-state index in [1.165, 1.54) is 12.2 Å². The van der Waals surface area contributed by atoms with Crippen molar-refractivity contribution >= 4 is 11.8 Å². The molecule has 0 rings (SSSR count). The number of hydrogen-bond acceptors (Lipinski definition) is 3. The molecule has 0 aliphatic heterocycles. The van der Waals surface area contributed by atoms with Crippen LogP contribution in [-0.4, -0.2) is 36.8 Å². The zero-order chi connectivity index (χ0) is 12.4. The normalized spacial score (nSPS) is 13.7. The fraction of sp³-hybridized carbons (Fsp3) is 1.00. The third-order valence-electron chi connectivity index (χ3n) is 2.08. The monoisotopic (exact) mass is 247 g/mol. The van der Waals surface area contributed by atoms with Crippen molar-refractivity contribution in [2.75, 3.05) is 24.7 Å². The van der Waals surface area contributed by atoms with E-state index in [4.69, 9.17) is 4.74 Å². The summed E-state index contributed by atoms with van der Waals surface area (Å²) in [7, 11) is 0. The number of nitrogens with one attached hydrogen (secondary N) is 1. The Balaban J connectivity index is 3.71. The molecule has 1 unspecified atom stereocenters. The van der Waals surface area contributed by atoms with Crippen LogP contribution in [-0.2, 0) is 4.74 Å². The molecule has 2 nitrogen and oxygen atoms in total. The smallest absolute Gasteiger partial charge is 0.0631 e. The van der Waals surface area contributed by atoms with E-state index in [0.29, 0.717) is 12.1 Å². The maximum Gasteiger partial charge on any atom is 0.0631 e. The zero-order valence-electron chi connectivity index (χ0n) is 11.6. The summed E-state index contributed by atoms with van der Waals surface area (Å²) in [5.41, 5.74) is 0. The Morgan fingerprint density at radius 2 is 1.81 bits per heavy atom. The maximum absolute atomic E-state index is 5.68. The van der Waals surface area contributed by atoms with Crippen molar-refractivity contribution in [3.63, 3.8) is 0 Å². The van der Waals surface area contributed by atoms with Gasteiger partial charge in [-0.1, -0.05) is 20.8 Å². The molecule has 0 fully saturated rings. The first kappa shape index (κ1) is 16.3. The van der Waals surface area contributed by atoms with Gasteiger partial charge in [0.25, 0.3) is 0 Å². The van der Waals surface area contributed by atoms with E-state index >= 15 is 0 Å². The summed E-state index contributed by atoms with van der Waals surface area (Å²) in [5.74, 6) is 3.18. The summed E-state index contributed by atoms with van der Waals surface area (Å²) in [6.45, 7) is 12.9. The van der Waals surface area contributed by atoms with Crippen LogP contribution in [0.4, 0.5) is 0 Å². The highest BCUT2D eigenvalue weighted by Crippen LogP contribution is 2.09. The van der Waals surface area contributed by atoms with Crippen LogP contribution >= 0.6 is 11.8 Å². The van der Waals surface area contributed by atoms with Gasteiger partial charge >= 0.3 is 0 Å². The van der Waals surface area contributed by atoms with E-state index in [1.807, 2.05) is 11.8 Å². The average molecular weight is 247 g/mol. The van der Waals surface area contributed by atoms with Crippen LogP contribution in [0, 0.1) is 5.92 Å². The van der Waals surface area contributed by atoms with Gasteiger partial charge in [-0.15, -0.1) is 0 Å². The summed E-state index contributed by atoms with van der Waals surface area (Å²) >= 11 is 2.03. The van der Waals surface area contributed by atoms with Crippen LogP contribution in [0.2, 0.25) is 0 Å². The molecule has 0 bridgehead atoms. The number of thioether (sulfide) groups is 1. The third kappa shape index (κ3) is 10.8. The van der Waals surface area contributed by atoms with Gasteiger partial charge in [-0.05, 0) is 38.5 Å². The molecular weight excluding hydrogens is 218 g/mol. The highest BCUT2D eigenvalue weighted by molar-refractivity contribution is 7.99. The Morgan fingerprint density at radius 1 is 1.12 bits per heavy atom. The molecule has 0 saturated heterocycles. The molecule has 3 heteroatoms. The van der Waals surface area contributed by atoms with E-state index < -0.39 is 0 Å². The predicted molar refractivity (Wildman–Crippen MR) is 75.3 cm³/mol. The van der Waals surface area contributed by atoms with Crippen molar-refractivity contribution in [3.05, 3.63) is 0 Å². The summed E-state index contributed by atoms with van der Waals surface area (Å²) in [6, 6.07) is 0.506. The van der Waals surface area contributed by atoms with Gasteiger partial charge in [-0.3, -0.25) is 0 Å².